The minimum absolute atomic E-state index is 0.0267. The minimum Gasteiger partial charge on any atom is -0.320 e. The van der Waals surface area contributed by atoms with Crippen LogP contribution < -0.4 is 5.73 Å². The molecule has 0 bridgehead atoms. The van der Waals surface area contributed by atoms with Crippen LogP contribution in [-0.4, -0.2) is 4.98 Å². The van der Waals surface area contributed by atoms with Gasteiger partial charge >= 0.3 is 6.18 Å². The summed E-state index contributed by atoms with van der Waals surface area (Å²) in [5.41, 5.74) is 6.71. The lowest BCUT2D eigenvalue weighted by Gasteiger charge is -2.19. The molecule has 1 atom stereocenters. The van der Waals surface area contributed by atoms with Gasteiger partial charge in [-0.1, -0.05) is 22.0 Å². The molecular formula is C14H12BrF3N2. The van der Waals surface area contributed by atoms with Gasteiger partial charge in [-0.2, -0.15) is 13.2 Å². The second-order valence-corrected chi connectivity index (χ2v) is 5.35. The summed E-state index contributed by atoms with van der Waals surface area (Å²) in [6.45, 7) is 1.81. The summed E-state index contributed by atoms with van der Waals surface area (Å²) in [5, 5.41) is 0. The molecule has 0 amide bonds. The molecule has 2 rings (SSSR count). The van der Waals surface area contributed by atoms with Crippen LogP contribution in [0.15, 0.2) is 41.1 Å². The molecule has 2 nitrogen and oxygen atoms in total. The van der Waals surface area contributed by atoms with Crippen molar-refractivity contribution in [1.29, 1.82) is 0 Å². The summed E-state index contributed by atoms with van der Waals surface area (Å²) >= 11 is 3.30. The monoisotopic (exact) mass is 344 g/mol. The van der Waals surface area contributed by atoms with Crippen molar-refractivity contribution < 1.29 is 13.2 Å². The minimum atomic E-state index is -4.45. The molecule has 0 aliphatic carbocycles. The van der Waals surface area contributed by atoms with Gasteiger partial charge in [0.05, 0.1) is 11.6 Å². The molecule has 106 valence electrons. The van der Waals surface area contributed by atoms with Gasteiger partial charge in [0.1, 0.15) is 0 Å². The summed E-state index contributed by atoms with van der Waals surface area (Å²) < 4.78 is 39.8. The van der Waals surface area contributed by atoms with Crippen LogP contribution in [-0.2, 0) is 6.18 Å². The van der Waals surface area contributed by atoms with E-state index in [-0.39, 0.29) is 5.56 Å². The van der Waals surface area contributed by atoms with Crippen LogP contribution in [0.5, 0.6) is 0 Å². The normalized spacial score (nSPS) is 13.3. The third kappa shape index (κ3) is 3.02. The fourth-order valence-corrected chi connectivity index (χ4v) is 2.41. The molecule has 1 unspecified atom stereocenters. The number of hydrogen-bond acceptors (Lipinski definition) is 2. The summed E-state index contributed by atoms with van der Waals surface area (Å²) in [6.07, 6.45) is -2.16. The molecule has 0 aliphatic heterocycles. The van der Waals surface area contributed by atoms with E-state index in [1.807, 2.05) is 19.1 Å². The van der Waals surface area contributed by atoms with E-state index in [1.54, 1.807) is 6.07 Å². The smallest absolute Gasteiger partial charge is 0.320 e. The molecule has 0 fully saturated rings. The predicted octanol–water partition coefficient (Wildman–Crippen LogP) is 4.22. The lowest BCUT2D eigenvalue weighted by atomic mass is 9.94. The van der Waals surface area contributed by atoms with Crippen LogP contribution in [0.2, 0.25) is 0 Å². The first-order valence-electron chi connectivity index (χ1n) is 5.83. The van der Waals surface area contributed by atoms with Crippen molar-refractivity contribution in [3.05, 3.63) is 63.4 Å². The highest BCUT2D eigenvalue weighted by Gasteiger charge is 2.35. The number of pyridine rings is 1. The number of halogens is 4. The first-order chi connectivity index (χ1) is 9.30. The Bertz CT molecular complexity index is 626. The number of nitrogens with zero attached hydrogens (tertiary/aromatic N) is 1. The van der Waals surface area contributed by atoms with Crippen molar-refractivity contribution in [2.75, 3.05) is 0 Å². The molecule has 2 aromatic rings. The van der Waals surface area contributed by atoms with Crippen LogP contribution >= 0.6 is 15.9 Å². The van der Waals surface area contributed by atoms with Crippen molar-refractivity contribution in [3.8, 4) is 0 Å². The largest absolute Gasteiger partial charge is 0.416 e. The van der Waals surface area contributed by atoms with Crippen molar-refractivity contribution in [1.82, 2.24) is 4.98 Å². The first kappa shape index (κ1) is 15.0. The Balaban J connectivity index is 2.54. The van der Waals surface area contributed by atoms with Gasteiger partial charge in [0.25, 0.3) is 0 Å². The first-order valence-corrected chi connectivity index (χ1v) is 6.62. The maximum Gasteiger partial charge on any atom is 0.416 e. The zero-order chi connectivity index (χ0) is 14.9. The molecule has 0 spiro atoms. The highest BCUT2D eigenvalue weighted by atomic mass is 79.9. The Morgan fingerprint density at radius 3 is 2.55 bits per heavy atom. The van der Waals surface area contributed by atoms with Crippen molar-refractivity contribution in [3.63, 3.8) is 0 Å². The van der Waals surface area contributed by atoms with Gasteiger partial charge in [0, 0.05) is 22.4 Å². The summed E-state index contributed by atoms with van der Waals surface area (Å²) in [7, 11) is 0. The number of benzene rings is 1. The maximum atomic E-state index is 13.0. The van der Waals surface area contributed by atoms with Gasteiger partial charge in [-0.3, -0.25) is 4.98 Å². The van der Waals surface area contributed by atoms with Crippen LogP contribution in [0.3, 0.4) is 0 Å². The molecule has 6 heteroatoms. The number of hydrogen-bond donors (Lipinski definition) is 1. The highest BCUT2D eigenvalue weighted by Crippen LogP contribution is 2.36. The van der Waals surface area contributed by atoms with E-state index in [9.17, 15) is 13.2 Å². The van der Waals surface area contributed by atoms with E-state index in [0.29, 0.717) is 5.56 Å². The zero-order valence-electron chi connectivity index (χ0n) is 10.6. The topological polar surface area (TPSA) is 38.9 Å². The Labute approximate surface area is 123 Å². The Morgan fingerprint density at radius 1 is 1.20 bits per heavy atom. The summed E-state index contributed by atoms with van der Waals surface area (Å²) in [6, 6.07) is 5.43. The highest BCUT2D eigenvalue weighted by molar-refractivity contribution is 9.10. The van der Waals surface area contributed by atoms with Gasteiger partial charge in [-0.25, -0.2) is 0 Å². The average Bonchev–Trinajstić information content (AvgIpc) is 2.40. The van der Waals surface area contributed by atoms with E-state index in [0.717, 1.165) is 22.3 Å². The van der Waals surface area contributed by atoms with E-state index in [2.05, 4.69) is 20.9 Å². The molecule has 1 aromatic heterocycles. The molecule has 1 aromatic carbocycles. The second kappa shape index (κ2) is 5.54. The summed E-state index contributed by atoms with van der Waals surface area (Å²) in [4.78, 5) is 3.77. The quantitative estimate of drug-likeness (QED) is 0.885. The van der Waals surface area contributed by atoms with E-state index in [1.165, 1.54) is 6.20 Å². The molecule has 1 heterocycles. The molecule has 0 saturated heterocycles. The van der Waals surface area contributed by atoms with Gasteiger partial charge in [-0.05, 0) is 36.2 Å². The molecule has 0 aliphatic rings. The zero-order valence-corrected chi connectivity index (χ0v) is 12.2. The van der Waals surface area contributed by atoms with Crippen molar-refractivity contribution in [2.24, 2.45) is 5.73 Å². The van der Waals surface area contributed by atoms with Crippen LogP contribution in [0.4, 0.5) is 13.2 Å². The SMILES string of the molecule is Cc1ccc(Br)cc1C(N)c1cnccc1C(F)(F)F. The Hall–Kier alpha value is -1.40. The standard InChI is InChI=1S/C14H12BrF3N2/c1-8-2-3-9(15)6-10(8)13(19)11-7-20-5-4-12(11)14(16,17)18/h2-7,13H,19H2,1H3. The predicted molar refractivity (Wildman–Crippen MR) is 74.1 cm³/mol. The van der Waals surface area contributed by atoms with Gasteiger partial charge < -0.3 is 5.73 Å². The fourth-order valence-electron chi connectivity index (χ4n) is 2.03. The third-order valence-electron chi connectivity index (χ3n) is 3.07. The van der Waals surface area contributed by atoms with Crippen LogP contribution in [0, 0.1) is 6.92 Å². The number of nitrogens with two attached hydrogens (primary N) is 1. The summed E-state index contributed by atoms with van der Waals surface area (Å²) in [5.74, 6) is 0. The maximum absolute atomic E-state index is 13.0. The molecule has 20 heavy (non-hydrogen) atoms. The van der Waals surface area contributed by atoms with E-state index < -0.39 is 17.8 Å². The van der Waals surface area contributed by atoms with Crippen LogP contribution in [0.25, 0.3) is 0 Å². The number of rotatable bonds is 2. The van der Waals surface area contributed by atoms with Crippen molar-refractivity contribution >= 4 is 15.9 Å². The third-order valence-corrected chi connectivity index (χ3v) is 3.56. The van der Waals surface area contributed by atoms with Gasteiger partial charge in [0.2, 0.25) is 0 Å². The average molecular weight is 345 g/mol. The van der Waals surface area contributed by atoms with E-state index in [4.69, 9.17) is 5.73 Å². The molecule has 0 radical (unpaired) electrons. The van der Waals surface area contributed by atoms with Crippen LogP contribution in [0.1, 0.15) is 28.3 Å². The van der Waals surface area contributed by atoms with Gasteiger partial charge in [-0.15, -0.1) is 0 Å². The second-order valence-electron chi connectivity index (χ2n) is 4.44. The van der Waals surface area contributed by atoms with E-state index >= 15 is 0 Å². The lowest BCUT2D eigenvalue weighted by Crippen LogP contribution is -2.19. The number of aromatic nitrogens is 1. The lowest BCUT2D eigenvalue weighted by molar-refractivity contribution is -0.138. The fraction of sp³-hybridized carbons (Fsp3) is 0.214. The van der Waals surface area contributed by atoms with Gasteiger partial charge in [0.15, 0.2) is 0 Å². The number of alkyl halides is 3. The number of aryl methyl sites for hydroxylation is 1. The molecule has 2 N–H and O–H groups in total. The Morgan fingerprint density at radius 2 is 1.90 bits per heavy atom. The Kier molecular flexibility index (Phi) is 4.15. The molecular weight excluding hydrogens is 333 g/mol. The molecule has 0 saturated carbocycles. The van der Waals surface area contributed by atoms with Crippen molar-refractivity contribution in [2.45, 2.75) is 19.1 Å².